The van der Waals surface area contributed by atoms with Crippen molar-refractivity contribution in [3.63, 3.8) is 0 Å². The maximum Gasteiger partial charge on any atom is 0.257 e. The Kier molecular flexibility index (Phi) is 4.68. The van der Waals surface area contributed by atoms with Crippen LogP contribution < -0.4 is 10.2 Å². The fraction of sp³-hybridized carbons (Fsp3) is 0.190. The third kappa shape index (κ3) is 3.41. The van der Waals surface area contributed by atoms with Crippen molar-refractivity contribution in [2.24, 2.45) is 0 Å². The van der Waals surface area contributed by atoms with Crippen molar-refractivity contribution in [2.45, 2.75) is 26.3 Å². The molecular weight excluding hydrogens is 377 g/mol. The number of aromatic nitrogens is 1. The van der Waals surface area contributed by atoms with Crippen LogP contribution in [0.15, 0.2) is 47.8 Å². The van der Waals surface area contributed by atoms with Gasteiger partial charge in [-0.15, -0.1) is 11.3 Å². The van der Waals surface area contributed by atoms with E-state index in [4.69, 9.17) is 0 Å². The lowest BCUT2D eigenvalue weighted by molar-refractivity contribution is -0.116. The van der Waals surface area contributed by atoms with Gasteiger partial charge in [0.25, 0.3) is 5.91 Å². The predicted molar refractivity (Wildman–Crippen MR) is 108 cm³/mol. The van der Waals surface area contributed by atoms with Crippen molar-refractivity contribution in [1.29, 1.82) is 0 Å². The van der Waals surface area contributed by atoms with Crippen LogP contribution in [0.2, 0.25) is 0 Å². The number of fused-ring (bicyclic) bond motifs is 1. The quantitative estimate of drug-likeness (QED) is 0.710. The van der Waals surface area contributed by atoms with Crippen molar-refractivity contribution in [3.05, 3.63) is 64.8 Å². The predicted octanol–water partition coefficient (Wildman–Crippen LogP) is 4.50. The molecule has 1 atom stereocenters. The molecule has 0 saturated heterocycles. The molecular formula is C21H18FN3O2S. The molecule has 1 N–H and O–H groups in total. The van der Waals surface area contributed by atoms with Crippen LogP contribution in [0.5, 0.6) is 0 Å². The first-order valence-corrected chi connectivity index (χ1v) is 9.76. The van der Waals surface area contributed by atoms with Gasteiger partial charge in [0.2, 0.25) is 5.91 Å². The van der Waals surface area contributed by atoms with Crippen LogP contribution in [0.1, 0.15) is 29.8 Å². The zero-order chi connectivity index (χ0) is 19.8. The van der Waals surface area contributed by atoms with E-state index in [1.54, 1.807) is 13.0 Å². The number of halogens is 1. The molecule has 3 aromatic rings. The van der Waals surface area contributed by atoms with Gasteiger partial charge in [-0.05, 0) is 49.2 Å². The molecule has 28 heavy (non-hydrogen) atoms. The average molecular weight is 395 g/mol. The normalized spacial score (nSPS) is 15.4. The summed E-state index contributed by atoms with van der Waals surface area (Å²) >= 11 is 1.31. The zero-order valence-electron chi connectivity index (χ0n) is 15.4. The Labute approximate surface area is 165 Å². The van der Waals surface area contributed by atoms with Gasteiger partial charge < -0.3 is 4.90 Å². The Morgan fingerprint density at radius 1 is 1.25 bits per heavy atom. The summed E-state index contributed by atoms with van der Waals surface area (Å²) in [7, 11) is 0. The number of carbonyl (C=O) groups excluding carboxylic acids is 2. The second-order valence-electron chi connectivity index (χ2n) is 6.79. The van der Waals surface area contributed by atoms with Crippen molar-refractivity contribution in [1.82, 2.24) is 4.98 Å². The number of benzene rings is 2. The Morgan fingerprint density at radius 3 is 2.82 bits per heavy atom. The minimum atomic E-state index is -0.459. The van der Waals surface area contributed by atoms with Gasteiger partial charge in [-0.2, -0.15) is 0 Å². The fourth-order valence-electron chi connectivity index (χ4n) is 3.53. The highest BCUT2D eigenvalue weighted by Crippen LogP contribution is 2.36. The second kappa shape index (κ2) is 7.16. The highest BCUT2D eigenvalue weighted by Gasteiger charge is 2.29. The molecule has 2 heterocycles. The lowest BCUT2D eigenvalue weighted by Gasteiger charge is -2.20. The van der Waals surface area contributed by atoms with Gasteiger partial charge in [0, 0.05) is 35.2 Å². The number of nitrogens with zero attached hydrogens (tertiary/aromatic N) is 2. The molecule has 0 spiro atoms. The number of rotatable bonds is 3. The number of amides is 2. The average Bonchev–Trinajstić information content (AvgIpc) is 3.24. The molecule has 5 nitrogen and oxygen atoms in total. The molecule has 1 aliphatic rings. The Morgan fingerprint density at radius 2 is 2.07 bits per heavy atom. The lowest BCUT2D eigenvalue weighted by Crippen LogP contribution is -2.33. The second-order valence-corrected chi connectivity index (χ2v) is 7.65. The monoisotopic (exact) mass is 395 g/mol. The molecule has 0 fully saturated rings. The van der Waals surface area contributed by atoms with E-state index in [1.807, 2.05) is 35.4 Å². The molecule has 0 bridgehead atoms. The van der Waals surface area contributed by atoms with E-state index in [-0.39, 0.29) is 17.5 Å². The molecule has 0 saturated carbocycles. The van der Waals surface area contributed by atoms with Crippen LogP contribution in [0.4, 0.5) is 15.2 Å². The molecule has 0 radical (unpaired) electrons. The standard InChI is InChI=1S/C21H18FN3O2S/c1-12-8-16-9-14(6-7-19(16)25(12)13(2)26)18-11-28-21(23-18)24-20(27)15-4-3-5-17(22)10-15/h3-7,9-12H,8H2,1-2H3,(H,23,24,27). The lowest BCUT2D eigenvalue weighted by atomic mass is 10.1. The summed E-state index contributed by atoms with van der Waals surface area (Å²) in [6.45, 7) is 3.61. The van der Waals surface area contributed by atoms with E-state index in [0.717, 1.165) is 28.9 Å². The van der Waals surface area contributed by atoms with Gasteiger partial charge in [-0.25, -0.2) is 9.37 Å². The number of hydrogen-bond acceptors (Lipinski definition) is 4. The maximum absolute atomic E-state index is 13.3. The SMILES string of the molecule is CC(=O)N1c2ccc(-c3csc(NC(=O)c4cccc(F)c4)n3)cc2CC1C. The van der Waals surface area contributed by atoms with E-state index in [2.05, 4.69) is 10.3 Å². The number of hydrogen-bond donors (Lipinski definition) is 1. The number of nitrogens with one attached hydrogen (secondary N) is 1. The highest BCUT2D eigenvalue weighted by molar-refractivity contribution is 7.14. The van der Waals surface area contributed by atoms with E-state index in [0.29, 0.717) is 5.13 Å². The summed E-state index contributed by atoms with van der Waals surface area (Å²) < 4.78 is 13.3. The molecule has 1 aromatic heterocycles. The van der Waals surface area contributed by atoms with Crippen LogP contribution in [0.3, 0.4) is 0 Å². The summed E-state index contributed by atoms with van der Waals surface area (Å²) in [5.41, 5.74) is 3.97. The minimum absolute atomic E-state index is 0.0370. The van der Waals surface area contributed by atoms with Gasteiger partial charge in [-0.1, -0.05) is 12.1 Å². The molecule has 142 valence electrons. The Hall–Kier alpha value is -3.06. The maximum atomic E-state index is 13.3. The topological polar surface area (TPSA) is 62.3 Å². The third-order valence-electron chi connectivity index (χ3n) is 4.74. The highest BCUT2D eigenvalue weighted by atomic mass is 32.1. The van der Waals surface area contributed by atoms with Gasteiger partial charge in [0.05, 0.1) is 5.69 Å². The van der Waals surface area contributed by atoms with Crippen LogP contribution in [-0.2, 0) is 11.2 Å². The van der Waals surface area contributed by atoms with E-state index in [9.17, 15) is 14.0 Å². The first-order chi connectivity index (χ1) is 13.4. The van der Waals surface area contributed by atoms with Crippen molar-refractivity contribution in [2.75, 3.05) is 10.2 Å². The van der Waals surface area contributed by atoms with Gasteiger partial charge in [0.15, 0.2) is 5.13 Å². The van der Waals surface area contributed by atoms with Gasteiger partial charge >= 0.3 is 0 Å². The van der Waals surface area contributed by atoms with Crippen LogP contribution >= 0.6 is 11.3 Å². The molecule has 7 heteroatoms. The molecule has 2 aromatic carbocycles. The van der Waals surface area contributed by atoms with E-state index < -0.39 is 11.7 Å². The van der Waals surface area contributed by atoms with Crippen molar-refractivity contribution < 1.29 is 14.0 Å². The van der Waals surface area contributed by atoms with Crippen LogP contribution in [0, 0.1) is 5.82 Å². The summed E-state index contributed by atoms with van der Waals surface area (Å²) in [5.74, 6) is -0.824. The number of carbonyl (C=O) groups is 2. The molecule has 1 unspecified atom stereocenters. The Bertz CT molecular complexity index is 1080. The first-order valence-electron chi connectivity index (χ1n) is 8.88. The van der Waals surface area contributed by atoms with Crippen LogP contribution in [-0.4, -0.2) is 22.8 Å². The van der Waals surface area contributed by atoms with E-state index in [1.165, 1.54) is 29.5 Å². The first kappa shape index (κ1) is 18.3. The summed E-state index contributed by atoms with van der Waals surface area (Å²) in [6, 6.07) is 11.6. The minimum Gasteiger partial charge on any atom is -0.309 e. The van der Waals surface area contributed by atoms with Crippen molar-refractivity contribution >= 4 is 34.0 Å². The smallest absolute Gasteiger partial charge is 0.257 e. The largest absolute Gasteiger partial charge is 0.309 e. The number of thiazole rings is 1. The summed E-state index contributed by atoms with van der Waals surface area (Å²) in [6.07, 6.45) is 0.802. The Balaban J connectivity index is 1.55. The molecule has 2 amide bonds. The molecule has 0 aliphatic carbocycles. The van der Waals surface area contributed by atoms with Gasteiger partial charge in [-0.3, -0.25) is 14.9 Å². The third-order valence-corrected chi connectivity index (χ3v) is 5.50. The summed E-state index contributed by atoms with van der Waals surface area (Å²) in [4.78, 5) is 30.4. The molecule has 1 aliphatic heterocycles. The van der Waals surface area contributed by atoms with Crippen molar-refractivity contribution in [3.8, 4) is 11.3 Å². The fourth-order valence-corrected chi connectivity index (χ4v) is 4.25. The summed E-state index contributed by atoms with van der Waals surface area (Å²) in [5, 5.41) is 5.02. The van der Waals surface area contributed by atoms with Crippen LogP contribution in [0.25, 0.3) is 11.3 Å². The zero-order valence-corrected chi connectivity index (χ0v) is 16.2. The van der Waals surface area contributed by atoms with Gasteiger partial charge in [0.1, 0.15) is 5.82 Å². The molecule has 4 rings (SSSR count). The number of anilines is 2. The van der Waals surface area contributed by atoms with E-state index >= 15 is 0 Å².